The maximum atomic E-state index is 10.0. The highest BCUT2D eigenvalue weighted by Crippen LogP contribution is 1.96. The molecule has 10 heavy (non-hydrogen) atoms. The van der Waals surface area contributed by atoms with Crippen molar-refractivity contribution in [1.82, 2.24) is 0 Å². The van der Waals surface area contributed by atoms with Crippen LogP contribution < -0.4 is 0 Å². The Bertz CT molecular complexity index is 200. The number of rotatable bonds is 1. The van der Waals surface area contributed by atoms with Gasteiger partial charge in [-0.1, -0.05) is 32.1 Å². The highest BCUT2D eigenvalue weighted by molar-refractivity contribution is 6.83. The van der Waals surface area contributed by atoms with Gasteiger partial charge in [0.25, 0.3) is 0 Å². The van der Waals surface area contributed by atoms with Crippen molar-refractivity contribution < 1.29 is 4.79 Å². The molecular weight excluding hydrogens is 140 g/mol. The van der Waals surface area contributed by atoms with Gasteiger partial charge in [0.2, 0.25) is 0 Å². The molecular formula is C8H12OSi. The van der Waals surface area contributed by atoms with Crippen LogP contribution in [0, 0.1) is 11.5 Å². The topological polar surface area (TPSA) is 17.1 Å². The van der Waals surface area contributed by atoms with Crippen molar-refractivity contribution >= 4 is 14.4 Å². The molecule has 0 fully saturated rings. The van der Waals surface area contributed by atoms with Crippen LogP contribution in [-0.2, 0) is 4.79 Å². The molecule has 0 rings (SSSR count). The van der Waals surface area contributed by atoms with Crippen LogP contribution in [0.25, 0.3) is 0 Å². The molecule has 0 unspecified atom stereocenters. The number of hydrogen-bond donors (Lipinski definition) is 0. The van der Waals surface area contributed by atoms with E-state index in [1.165, 1.54) is 0 Å². The van der Waals surface area contributed by atoms with Crippen LogP contribution in [0.1, 0.15) is 0 Å². The van der Waals surface area contributed by atoms with Crippen molar-refractivity contribution in [2.75, 3.05) is 0 Å². The highest BCUT2D eigenvalue weighted by Gasteiger charge is 2.07. The minimum absolute atomic E-state index is 0.377. The fourth-order valence-electron chi connectivity index (χ4n) is 0.297. The lowest BCUT2D eigenvalue weighted by molar-refractivity contribution is -0.104. The Morgan fingerprint density at radius 3 is 2.30 bits per heavy atom. The maximum Gasteiger partial charge on any atom is 0.157 e. The Morgan fingerprint density at radius 1 is 1.50 bits per heavy atom. The Hall–Kier alpha value is -0.813. The Morgan fingerprint density at radius 2 is 2.00 bits per heavy atom. The lowest BCUT2D eigenvalue weighted by atomic mass is 10.4. The normalized spacial score (nSPS) is 9.50. The van der Waals surface area contributed by atoms with Crippen LogP contribution in [0.3, 0.4) is 0 Å². The summed E-state index contributed by atoms with van der Waals surface area (Å²) in [5, 5.41) is 0. The second-order valence-corrected chi connectivity index (χ2v) is 7.89. The van der Waals surface area contributed by atoms with Gasteiger partial charge in [-0.05, 0) is 0 Å². The molecule has 0 aliphatic carbocycles. The molecule has 1 nitrogen and oxygen atoms in total. The van der Waals surface area contributed by atoms with E-state index in [0.29, 0.717) is 11.9 Å². The second-order valence-electron chi connectivity index (χ2n) is 3.14. The fraction of sp³-hybridized carbons (Fsp3) is 0.375. The van der Waals surface area contributed by atoms with Crippen molar-refractivity contribution in [2.45, 2.75) is 19.6 Å². The summed E-state index contributed by atoms with van der Waals surface area (Å²) in [4.78, 5) is 10.0. The van der Waals surface area contributed by atoms with Gasteiger partial charge in [0, 0.05) is 0 Å². The van der Waals surface area contributed by atoms with E-state index in [1.807, 2.05) is 0 Å². The van der Waals surface area contributed by atoms with E-state index in [4.69, 9.17) is 0 Å². The number of allylic oxidation sites excluding steroid dienone is 1. The molecule has 0 saturated heterocycles. The third-order valence-electron chi connectivity index (χ3n) is 0.740. The maximum absolute atomic E-state index is 10.0. The molecule has 0 atom stereocenters. The second kappa shape index (κ2) is 3.38. The predicted octanol–water partition coefficient (Wildman–Crippen LogP) is 1.62. The van der Waals surface area contributed by atoms with Crippen LogP contribution in [0.5, 0.6) is 0 Å². The SMILES string of the molecule is C=C(C#C[Si](C)(C)C)C=O. The minimum Gasteiger partial charge on any atom is -0.297 e. The Balaban J connectivity index is 4.18. The van der Waals surface area contributed by atoms with E-state index >= 15 is 0 Å². The van der Waals surface area contributed by atoms with Crippen molar-refractivity contribution in [1.29, 1.82) is 0 Å². The monoisotopic (exact) mass is 152 g/mol. The van der Waals surface area contributed by atoms with Gasteiger partial charge in [-0.25, -0.2) is 0 Å². The quantitative estimate of drug-likeness (QED) is 0.241. The largest absolute Gasteiger partial charge is 0.297 e. The first-order valence-electron chi connectivity index (χ1n) is 3.13. The fourth-order valence-corrected chi connectivity index (χ4v) is 0.833. The average molecular weight is 152 g/mol. The Labute approximate surface area is 63.1 Å². The van der Waals surface area contributed by atoms with E-state index in [9.17, 15) is 4.79 Å². The molecule has 0 spiro atoms. The smallest absolute Gasteiger partial charge is 0.157 e. The van der Waals surface area contributed by atoms with Gasteiger partial charge in [-0.15, -0.1) is 5.54 Å². The molecule has 0 radical (unpaired) electrons. The van der Waals surface area contributed by atoms with Crippen molar-refractivity contribution in [3.8, 4) is 11.5 Å². The average Bonchev–Trinajstić information content (AvgIpc) is 1.81. The van der Waals surface area contributed by atoms with Gasteiger partial charge in [0.15, 0.2) is 6.29 Å². The number of carbonyl (C=O) groups is 1. The van der Waals surface area contributed by atoms with Crippen LogP contribution in [0.15, 0.2) is 12.2 Å². The zero-order valence-corrected chi connectivity index (χ0v) is 7.69. The third kappa shape index (κ3) is 5.33. The lowest BCUT2D eigenvalue weighted by Gasteiger charge is -2.02. The van der Waals surface area contributed by atoms with Crippen molar-refractivity contribution in [2.24, 2.45) is 0 Å². The van der Waals surface area contributed by atoms with Crippen molar-refractivity contribution in [3.05, 3.63) is 12.2 Å². The number of aldehydes is 1. The summed E-state index contributed by atoms with van der Waals surface area (Å²) < 4.78 is 0. The number of carbonyl (C=O) groups excluding carboxylic acids is 1. The molecule has 0 saturated carbocycles. The third-order valence-corrected chi connectivity index (χ3v) is 1.62. The molecule has 54 valence electrons. The molecule has 0 amide bonds. The summed E-state index contributed by atoms with van der Waals surface area (Å²) in [6.45, 7) is 9.83. The summed E-state index contributed by atoms with van der Waals surface area (Å²) >= 11 is 0. The van der Waals surface area contributed by atoms with Crippen LogP contribution in [-0.4, -0.2) is 14.4 Å². The van der Waals surface area contributed by atoms with Gasteiger partial charge in [-0.2, -0.15) is 0 Å². The van der Waals surface area contributed by atoms with E-state index in [-0.39, 0.29) is 0 Å². The van der Waals surface area contributed by atoms with E-state index in [1.54, 1.807) is 0 Å². The van der Waals surface area contributed by atoms with Gasteiger partial charge in [-0.3, -0.25) is 4.79 Å². The zero-order chi connectivity index (χ0) is 8.20. The first-order valence-corrected chi connectivity index (χ1v) is 6.63. The minimum atomic E-state index is -1.32. The van der Waals surface area contributed by atoms with E-state index in [2.05, 4.69) is 37.7 Å². The van der Waals surface area contributed by atoms with E-state index in [0.717, 1.165) is 0 Å². The molecule has 0 heterocycles. The summed E-state index contributed by atoms with van der Waals surface area (Å²) in [6.07, 6.45) is 0.688. The molecule has 0 aromatic rings. The molecule has 0 N–H and O–H groups in total. The van der Waals surface area contributed by atoms with E-state index < -0.39 is 8.07 Å². The van der Waals surface area contributed by atoms with Gasteiger partial charge >= 0.3 is 0 Å². The molecule has 0 aromatic carbocycles. The first-order chi connectivity index (χ1) is 4.45. The Kier molecular flexibility index (Phi) is 3.10. The van der Waals surface area contributed by atoms with Crippen molar-refractivity contribution in [3.63, 3.8) is 0 Å². The van der Waals surface area contributed by atoms with Crippen LogP contribution >= 0.6 is 0 Å². The van der Waals surface area contributed by atoms with Gasteiger partial charge in [0.1, 0.15) is 8.07 Å². The molecule has 2 heteroatoms. The highest BCUT2D eigenvalue weighted by atomic mass is 28.3. The van der Waals surface area contributed by atoms with Crippen LogP contribution in [0.4, 0.5) is 0 Å². The molecule has 0 aromatic heterocycles. The lowest BCUT2D eigenvalue weighted by Crippen LogP contribution is -2.16. The molecule has 0 aliphatic rings. The van der Waals surface area contributed by atoms with Crippen LogP contribution in [0.2, 0.25) is 19.6 Å². The zero-order valence-electron chi connectivity index (χ0n) is 6.69. The predicted molar refractivity (Wildman–Crippen MR) is 46.3 cm³/mol. The molecule has 0 bridgehead atoms. The summed E-state index contributed by atoms with van der Waals surface area (Å²) in [7, 11) is -1.32. The number of hydrogen-bond acceptors (Lipinski definition) is 1. The first kappa shape index (κ1) is 9.19. The van der Waals surface area contributed by atoms with Gasteiger partial charge < -0.3 is 0 Å². The molecule has 0 aliphatic heterocycles. The summed E-state index contributed by atoms with van der Waals surface area (Å²) in [5.74, 6) is 2.72. The van der Waals surface area contributed by atoms with Gasteiger partial charge in [0.05, 0.1) is 5.57 Å². The summed E-state index contributed by atoms with van der Waals surface area (Å²) in [5.41, 5.74) is 3.41. The standard InChI is InChI=1S/C8H12OSi/c1-8(7-9)5-6-10(2,3)4/h7H,1H2,2-4H3. The summed E-state index contributed by atoms with van der Waals surface area (Å²) in [6, 6.07) is 0.